The van der Waals surface area contributed by atoms with E-state index in [1.165, 1.54) is 0 Å². The molecule has 2 atom stereocenters. The van der Waals surface area contributed by atoms with Gasteiger partial charge in [0.05, 0.1) is 28.0 Å². The van der Waals surface area contributed by atoms with E-state index in [0.717, 1.165) is 10.6 Å². The van der Waals surface area contributed by atoms with Gasteiger partial charge in [0.2, 0.25) is 8.32 Å². The van der Waals surface area contributed by atoms with Crippen LogP contribution in [0.25, 0.3) is 0 Å². The highest BCUT2D eigenvalue weighted by Gasteiger charge is 2.46. The Hall–Kier alpha value is -1.24. The quantitative estimate of drug-likeness (QED) is 0.493. The van der Waals surface area contributed by atoms with Gasteiger partial charge >= 0.3 is 0 Å². The molecular weight excluding hydrogens is 398 g/mol. The molecule has 0 N–H and O–H groups in total. The minimum Gasteiger partial charge on any atom is -0.412 e. The predicted molar refractivity (Wildman–Crippen MR) is 126 cm³/mol. The molecule has 1 aromatic carbocycles. The first-order chi connectivity index (χ1) is 13.5. The first-order valence-corrected chi connectivity index (χ1v) is 13.9. The van der Waals surface area contributed by atoms with Crippen molar-refractivity contribution in [2.24, 2.45) is 0 Å². The van der Waals surface area contributed by atoms with Crippen molar-refractivity contribution in [3.63, 3.8) is 0 Å². The van der Waals surface area contributed by atoms with E-state index in [0.29, 0.717) is 35.2 Å². The third-order valence-corrected chi connectivity index (χ3v) is 14.0. The van der Waals surface area contributed by atoms with Crippen LogP contribution in [0.15, 0.2) is 40.8 Å². The van der Waals surface area contributed by atoms with Gasteiger partial charge < -0.3 is 9.33 Å². The van der Waals surface area contributed by atoms with Gasteiger partial charge in [-0.25, -0.2) is 0 Å². The zero-order chi connectivity index (χ0) is 21.9. The number of Topliss-reactive ketones (excluding diaryl/α,β-unsaturated/α-hetero) is 1. The zero-order valence-corrected chi connectivity index (χ0v) is 21.0. The number of rotatable bonds is 9. The minimum atomic E-state index is -2.04. The van der Waals surface area contributed by atoms with Gasteiger partial charge in [0, 0.05) is 19.7 Å². The summed E-state index contributed by atoms with van der Waals surface area (Å²) in [6.07, 6.45) is 2.47. The molecule has 0 unspecified atom stereocenters. The summed E-state index contributed by atoms with van der Waals surface area (Å²) in [6.45, 7) is 13.8. The number of hydrogen-bond acceptors (Lipinski definition) is 4. The van der Waals surface area contributed by atoms with E-state index < -0.39 is 24.4 Å². The molecule has 0 heterocycles. The number of anilines is 1. The molecule has 1 aliphatic carbocycles. The Morgan fingerprint density at radius 3 is 2.14 bits per heavy atom. The van der Waals surface area contributed by atoms with Crippen LogP contribution in [-0.4, -0.2) is 44.3 Å². The molecule has 0 aliphatic heterocycles. The van der Waals surface area contributed by atoms with Crippen molar-refractivity contribution in [2.75, 3.05) is 25.6 Å². The van der Waals surface area contributed by atoms with Crippen molar-refractivity contribution in [1.29, 1.82) is 0 Å². The summed E-state index contributed by atoms with van der Waals surface area (Å²) < 4.78 is 19.9. The number of para-hydroxylation sites is 1. The van der Waals surface area contributed by atoms with Gasteiger partial charge in [-0.05, 0) is 35.2 Å². The molecule has 1 aromatic rings. The van der Waals surface area contributed by atoms with Crippen LogP contribution in [0.5, 0.6) is 0 Å². The Kier molecular flexibility index (Phi) is 8.05. The van der Waals surface area contributed by atoms with E-state index in [1.807, 2.05) is 49.3 Å². The number of carbonyl (C=O) groups is 1. The third-order valence-electron chi connectivity index (χ3n) is 6.19. The SMILES string of the molecule is CC(C)[Si](OCC1=CC[C@H]([S@@](=O)c2ccccc2N(C)C)C1=O)(C(C)C)C(C)C. The molecule has 0 saturated carbocycles. The Morgan fingerprint density at radius 1 is 1.07 bits per heavy atom. The molecule has 0 saturated heterocycles. The largest absolute Gasteiger partial charge is 0.412 e. The Labute approximate surface area is 180 Å². The van der Waals surface area contributed by atoms with Crippen molar-refractivity contribution in [2.45, 2.75) is 74.7 Å². The summed E-state index contributed by atoms with van der Waals surface area (Å²) in [7, 11) is 0.440. The fraction of sp³-hybridized carbons (Fsp3) is 0.609. The lowest BCUT2D eigenvalue weighted by atomic mass is 10.2. The van der Waals surface area contributed by atoms with Gasteiger partial charge in [-0.3, -0.25) is 9.00 Å². The highest BCUT2D eigenvalue weighted by molar-refractivity contribution is 7.86. The van der Waals surface area contributed by atoms with Gasteiger partial charge in [0.15, 0.2) is 5.78 Å². The number of nitrogens with zero attached hydrogens (tertiary/aromatic N) is 1. The normalized spacial score (nSPS) is 18.7. The van der Waals surface area contributed by atoms with Crippen LogP contribution in [0.4, 0.5) is 5.69 Å². The number of benzene rings is 1. The summed E-state index contributed by atoms with van der Waals surface area (Å²) in [5, 5.41) is -0.511. The van der Waals surface area contributed by atoms with E-state index >= 15 is 0 Å². The topological polar surface area (TPSA) is 46.6 Å². The minimum absolute atomic E-state index is 0.0175. The zero-order valence-electron chi connectivity index (χ0n) is 19.2. The van der Waals surface area contributed by atoms with Crippen molar-refractivity contribution in [3.05, 3.63) is 35.9 Å². The maximum Gasteiger partial charge on any atom is 0.200 e. The summed E-state index contributed by atoms with van der Waals surface area (Å²) >= 11 is 0. The van der Waals surface area contributed by atoms with E-state index in [-0.39, 0.29) is 5.78 Å². The summed E-state index contributed by atoms with van der Waals surface area (Å²) in [5.74, 6) is -0.0175. The first kappa shape index (κ1) is 24.0. The standard InChI is InChI=1S/C23H37NO3SSi/c1-16(2)29(17(3)4,18(5)6)27-15-19-13-14-22(23(19)25)28(26)21-12-10-9-11-20(21)24(7)8/h9-13,16-18,22H,14-15H2,1-8H3/t22-,28-/m0/s1. The number of ketones is 1. The summed E-state index contributed by atoms with van der Waals surface area (Å²) in [4.78, 5) is 15.8. The Morgan fingerprint density at radius 2 is 1.62 bits per heavy atom. The molecule has 2 rings (SSSR count). The van der Waals surface area contributed by atoms with Crippen molar-refractivity contribution < 1.29 is 13.4 Å². The van der Waals surface area contributed by atoms with Gasteiger partial charge in [-0.2, -0.15) is 0 Å². The average molecular weight is 436 g/mol. The lowest BCUT2D eigenvalue weighted by molar-refractivity contribution is -0.114. The maximum atomic E-state index is 13.3. The highest BCUT2D eigenvalue weighted by atomic mass is 32.2. The predicted octanol–water partition coefficient (Wildman–Crippen LogP) is 5.32. The number of carbonyl (C=O) groups excluding carboxylic acids is 1. The molecule has 0 spiro atoms. The van der Waals surface area contributed by atoms with Crippen LogP contribution in [0.2, 0.25) is 16.6 Å². The molecule has 0 fully saturated rings. The van der Waals surface area contributed by atoms with Crippen LogP contribution in [0, 0.1) is 0 Å². The van der Waals surface area contributed by atoms with E-state index in [1.54, 1.807) is 0 Å². The molecule has 29 heavy (non-hydrogen) atoms. The van der Waals surface area contributed by atoms with Gasteiger partial charge in [0.1, 0.15) is 5.25 Å². The summed E-state index contributed by atoms with van der Waals surface area (Å²) in [6, 6.07) is 7.61. The molecule has 1 aliphatic rings. The molecule has 0 radical (unpaired) electrons. The Balaban J connectivity index is 2.17. The van der Waals surface area contributed by atoms with Crippen LogP contribution in [0.1, 0.15) is 48.0 Å². The smallest absolute Gasteiger partial charge is 0.200 e. The van der Waals surface area contributed by atoms with E-state index in [2.05, 4.69) is 41.5 Å². The van der Waals surface area contributed by atoms with Crippen molar-refractivity contribution in [1.82, 2.24) is 0 Å². The number of hydrogen-bond donors (Lipinski definition) is 0. The monoisotopic (exact) mass is 435 g/mol. The Bertz CT molecular complexity index is 764. The van der Waals surface area contributed by atoms with Gasteiger partial charge in [0.25, 0.3) is 0 Å². The highest BCUT2D eigenvalue weighted by Crippen LogP contribution is 2.42. The summed E-state index contributed by atoms with van der Waals surface area (Å²) in [5.41, 5.74) is 3.00. The number of allylic oxidation sites excluding steroid dienone is 1. The molecule has 4 nitrogen and oxygen atoms in total. The van der Waals surface area contributed by atoms with Crippen LogP contribution in [0.3, 0.4) is 0 Å². The van der Waals surface area contributed by atoms with E-state index in [4.69, 9.17) is 4.43 Å². The molecular formula is C23H37NO3SSi. The maximum absolute atomic E-state index is 13.3. The lowest BCUT2D eigenvalue weighted by Crippen LogP contribution is -2.48. The van der Waals surface area contributed by atoms with Gasteiger partial charge in [-0.1, -0.05) is 59.8 Å². The second-order valence-corrected chi connectivity index (χ2v) is 16.1. The van der Waals surface area contributed by atoms with Crippen LogP contribution in [-0.2, 0) is 20.0 Å². The second-order valence-electron chi connectivity index (χ2n) is 9.08. The van der Waals surface area contributed by atoms with Crippen LogP contribution >= 0.6 is 0 Å². The van der Waals surface area contributed by atoms with Crippen molar-refractivity contribution >= 4 is 30.6 Å². The first-order valence-electron chi connectivity index (χ1n) is 10.6. The van der Waals surface area contributed by atoms with E-state index in [9.17, 15) is 9.00 Å². The molecule has 0 bridgehead atoms. The lowest BCUT2D eigenvalue weighted by Gasteiger charge is -2.42. The molecule has 0 aromatic heterocycles. The molecule has 0 amide bonds. The fourth-order valence-electron chi connectivity index (χ4n) is 4.83. The van der Waals surface area contributed by atoms with Crippen molar-refractivity contribution in [3.8, 4) is 0 Å². The fourth-order valence-corrected chi connectivity index (χ4v) is 11.8. The van der Waals surface area contributed by atoms with Crippen LogP contribution < -0.4 is 4.90 Å². The molecule has 6 heteroatoms. The van der Waals surface area contributed by atoms with Gasteiger partial charge in [-0.15, -0.1) is 0 Å². The average Bonchev–Trinajstić information content (AvgIpc) is 3.01. The molecule has 162 valence electrons. The third kappa shape index (κ3) is 4.75. The second kappa shape index (κ2) is 9.71.